The molecule has 0 saturated carbocycles. The number of hydrogen-bond acceptors (Lipinski definition) is 4. The highest BCUT2D eigenvalue weighted by molar-refractivity contribution is 9.10. The van der Waals surface area contributed by atoms with Gasteiger partial charge in [0.05, 0.1) is 14.2 Å². The molecule has 142 valence electrons. The molecule has 1 heterocycles. The van der Waals surface area contributed by atoms with E-state index >= 15 is 0 Å². The summed E-state index contributed by atoms with van der Waals surface area (Å²) in [5.74, 6) is 0.991. The van der Waals surface area contributed by atoms with Crippen molar-refractivity contribution < 1.29 is 19.1 Å². The molecule has 0 spiro atoms. The zero-order chi connectivity index (χ0) is 19.4. The van der Waals surface area contributed by atoms with E-state index in [1.54, 1.807) is 17.0 Å². The first-order chi connectivity index (χ1) is 13.0. The van der Waals surface area contributed by atoms with Crippen molar-refractivity contribution in [2.75, 3.05) is 25.7 Å². The Bertz CT molecular complexity index is 827. The van der Waals surface area contributed by atoms with E-state index in [-0.39, 0.29) is 11.8 Å². The maximum absolute atomic E-state index is 12.5. The van der Waals surface area contributed by atoms with Crippen LogP contribution in [0, 0.1) is 0 Å². The van der Waals surface area contributed by atoms with E-state index in [0.29, 0.717) is 34.5 Å². The monoisotopic (exact) mass is 432 g/mol. The lowest BCUT2D eigenvalue weighted by Gasteiger charge is -2.16. The standard InChI is InChI=1S/C20H21BrN2O4/c1-26-16-10-14(11-17(27-2)19(16)21)20(25)22-12-13-5-7-15(8-6-13)23-9-3-4-18(23)24/h5-8,10-11H,3-4,9,12H2,1-2H3,(H,22,25). The summed E-state index contributed by atoms with van der Waals surface area (Å²) in [6.45, 7) is 1.15. The van der Waals surface area contributed by atoms with Crippen molar-refractivity contribution in [3.63, 3.8) is 0 Å². The Balaban J connectivity index is 1.66. The average molecular weight is 433 g/mol. The van der Waals surface area contributed by atoms with Crippen LogP contribution in [-0.2, 0) is 11.3 Å². The number of hydrogen-bond donors (Lipinski definition) is 1. The SMILES string of the molecule is COc1cc(C(=O)NCc2ccc(N3CCCC3=O)cc2)cc(OC)c1Br. The van der Waals surface area contributed by atoms with E-state index in [1.807, 2.05) is 24.3 Å². The van der Waals surface area contributed by atoms with Gasteiger partial charge in [-0.2, -0.15) is 0 Å². The van der Waals surface area contributed by atoms with Gasteiger partial charge in [-0.3, -0.25) is 9.59 Å². The third-order valence-corrected chi connectivity index (χ3v) is 5.26. The van der Waals surface area contributed by atoms with Crippen LogP contribution < -0.4 is 19.7 Å². The molecule has 0 atom stereocenters. The summed E-state index contributed by atoms with van der Waals surface area (Å²) in [4.78, 5) is 26.1. The zero-order valence-corrected chi connectivity index (χ0v) is 16.8. The summed E-state index contributed by atoms with van der Waals surface area (Å²) < 4.78 is 11.2. The van der Waals surface area contributed by atoms with Crippen LogP contribution in [0.1, 0.15) is 28.8 Å². The molecule has 6 nitrogen and oxygen atoms in total. The van der Waals surface area contributed by atoms with Gasteiger partial charge in [-0.05, 0) is 52.2 Å². The molecule has 0 aromatic heterocycles. The molecule has 2 amide bonds. The summed E-state index contributed by atoms with van der Waals surface area (Å²) in [5, 5.41) is 2.89. The van der Waals surface area contributed by atoms with Crippen LogP contribution in [0.2, 0.25) is 0 Å². The van der Waals surface area contributed by atoms with Crippen LogP contribution in [0.3, 0.4) is 0 Å². The van der Waals surface area contributed by atoms with Gasteiger partial charge in [0.25, 0.3) is 5.91 Å². The van der Waals surface area contributed by atoms with Crippen molar-refractivity contribution >= 4 is 33.4 Å². The van der Waals surface area contributed by atoms with Crippen LogP contribution in [0.25, 0.3) is 0 Å². The van der Waals surface area contributed by atoms with E-state index in [1.165, 1.54) is 14.2 Å². The lowest BCUT2D eigenvalue weighted by molar-refractivity contribution is -0.117. The van der Waals surface area contributed by atoms with Gasteiger partial charge in [0.2, 0.25) is 5.91 Å². The fourth-order valence-electron chi connectivity index (χ4n) is 3.00. The average Bonchev–Trinajstić information content (AvgIpc) is 3.12. The largest absolute Gasteiger partial charge is 0.495 e. The molecule has 0 radical (unpaired) electrons. The number of nitrogens with one attached hydrogen (secondary N) is 1. The van der Waals surface area contributed by atoms with Gasteiger partial charge in [0.15, 0.2) is 0 Å². The van der Waals surface area contributed by atoms with Crippen molar-refractivity contribution in [2.45, 2.75) is 19.4 Å². The molecule has 1 aliphatic rings. The first-order valence-corrected chi connectivity index (χ1v) is 9.42. The second-order valence-electron chi connectivity index (χ2n) is 6.19. The third kappa shape index (κ3) is 4.24. The fourth-order valence-corrected chi connectivity index (χ4v) is 3.55. The Morgan fingerprint density at radius 3 is 2.30 bits per heavy atom. The number of halogens is 1. The topological polar surface area (TPSA) is 67.9 Å². The lowest BCUT2D eigenvalue weighted by Crippen LogP contribution is -2.24. The zero-order valence-electron chi connectivity index (χ0n) is 15.3. The predicted molar refractivity (Wildman–Crippen MR) is 106 cm³/mol. The Labute approximate surface area is 166 Å². The minimum absolute atomic E-state index is 0.161. The highest BCUT2D eigenvalue weighted by atomic mass is 79.9. The number of benzene rings is 2. The van der Waals surface area contributed by atoms with Crippen molar-refractivity contribution in [1.29, 1.82) is 0 Å². The van der Waals surface area contributed by atoms with Crippen LogP contribution >= 0.6 is 15.9 Å². The number of carbonyl (C=O) groups is 2. The molecule has 0 bridgehead atoms. The van der Waals surface area contributed by atoms with Crippen molar-refractivity contribution in [1.82, 2.24) is 5.32 Å². The predicted octanol–water partition coefficient (Wildman–Crippen LogP) is 3.52. The summed E-state index contributed by atoms with van der Waals surface area (Å²) >= 11 is 3.39. The van der Waals surface area contributed by atoms with E-state index in [4.69, 9.17) is 9.47 Å². The number of amides is 2. The van der Waals surface area contributed by atoms with Crippen molar-refractivity contribution in [3.8, 4) is 11.5 Å². The Kier molecular flexibility index (Phi) is 6.01. The molecule has 2 aromatic carbocycles. The summed E-state index contributed by atoms with van der Waals surface area (Å²) in [5.41, 5.74) is 2.30. The van der Waals surface area contributed by atoms with E-state index in [2.05, 4.69) is 21.2 Å². The van der Waals surface area contributed by atoms with Gasteiger partial charge >= 0.3 is 0 Å². The minimum atomic E-state index is -0.224. The van der Waals surface area contributed by atoms with Crippen molar-refractivity contribution in [2.24, 2.45) is 0 Å². The van der Waals surface area contributed by atoms with Crippen LogP contribution in [0.4, 0.5) is 5.69 Å². The van der Waals surface area contributed by atoms with Gasteiger partial charge in [-0.25, -0.2) is 0 Å². The maximum atomic E-state index is 12.5. The molecule has 1 fully saturated rings. The van der Waals surface area contributed by atoms with Crippen LogP contribution in [0.15, 0.2) is 40.9 Å². The molecule has 1 aliphatic heterocycles. The van der Waals surface area contributed by atoms with Gasteiger partial charge in [-0.15, -0.1) is 0 Å². The first-order valence-electron chi connectivity index (χ1n) is 8.62. The van der Waals surface area contributed by atoms with Crippen molar-refractivity contribution in [3.05, 3.63) is 52.0 Å². The molecule has 3 rings (SSSR count). The number of anilines is 1. The smallest absolute Gasteiger partial charge is 0.251 e. The number of rotatable bonds is 6. The van der Waals surface area contributed by atoms with E-state index in [9.17, 15) is 9.59 Å². The van der Waals surface area contributed by atoms with Gasteiger partial charge in [-0.1, -0.05) is 12.1 Å². The first kappa shape index (κ1) is 19.2. The number of methoxy groups -OCH3 is 2. The molecule has 0 aliphatic carbocycles. The second kappa shape index (κ2) is 8.43. The maximum Gasteiger partial charge on any atom is 0.251 e. The minimum Gasteiger partial charge on any atom is -0.495 e. The molecule has 27 heavy (non-hydrogen) atoms. The summed E-state index contributed by atoms with van der Waals surface area (Å²) in [7, 11) is 3.07. The fraction of sp³-hybridized carbons (Fsp3) is 0.300. The molecule has 0 unspecified atom stereocenters. The molecular weight excluding hydrogens is 412 g/mol. The molecule has 1 saturated heterocycles. The molecular formula is C20H21BrN2O4. The number of ether oxygens (including phenoxy) is 2. The molecule has 7 heteroatoms. The Morgan fingerprint density at radius 2 is 1.78 bits per heavy atom. The quantitative estimate of drug-likeness (QED) is 0.757. The summed E-state index contributed by atoms with van der Waals surface area (Å²) in [6.07, 6.45) is 1.51. The summed E-state index contributed by atoms with van der Waals surface area (Å²) in [6, 6.07) is 11.0. The van der Waals surface area contributed by atoms with Gasteiger partial charge < -0.3 is 19.7 Å². The highest BCUT2D eigenvalue weighted by Crippen LogP contribution is 2.35. The van der Waals surface area contributed by atoms with Crippen LogP contribution in [0.5, 0.6) is 11.5 Å². The Hall–Kier alpha value is -2.54. The van der Waals surface area contributed by atoms with Gasteiger partial charge in [0, 0.05) is 30.8 Å². The van der Waals surface area contributed by atoms with Gasteiger partial charge in [0.1, 0.15) is 16.0 Å². The number of carbonyl (C=O) groups excluding carboxylic acids is 2. The normalized spacial score (nSPS) is 13.6. The highest BCUT2D eigenvalue weighted by Gasteiger charge is 2.21. The lowest BCUT2D eigenvalue weighted by atomic mass is 10.1. The van der Waals surface area contributed by atoms with E-state index in [0.717, 1.165) is 24.2 Å². The number of nitrogens with zero attached hydrogens (tertiary/aromatic N) is 1. The van der Waals surface area contributed by atoms with Crippen LogP contribution in [-0.4, -0.2) is 32.6 Å². The Morgan fingerprint density at radius 1 is 1.15 bits per heavy atom. The molecule has 2 aromatic rings. The third-order valence-electron chi connectivity index (χ3n) is 4.48. The second-order valence-corrected chi connectivity index (χ2v) is 6.99. The molecule has 1 N–H and O–H groups in total. The van der Waals surface area contributed by atoms with E-state index < -0.39 is 0 Å².